The molecule has 0 bridgehead atoms. The fourth-order valence-electron chi connectivity index (χ4n) is 1.69. The normalized spacial score (nSPS) is 10.3. The molecule has 1 N–H and O–H groups in total. The number of hydrogen-bond acceptors (Lipinski definition) is 6. The van der Waals surface area contributed by atoms with Gasteiger partial charge in [-0.1, -0.05) is 6.07 Å². The van der Waals surface area contributed by atoms with Crippen LogP contribution in [0.1, 0.15) is 21.6 Å². The molecule has 0 unspecified atom stereocenters. The summed E-state index contributed by atoms with van der Waals surface area (Å²) in [5, 5.41) is 19.7. The predicted molar refractivity (Wildman–Crippen MR) is 66.1 cm³/mol. The Balaban J connectivity index is 2.41. The van der Waals surface area contributed by atoms with Crippen LogP contribution < -0.4 is 4.74 Å². The monoisotopic (exact) mass is 278 g/mol. The minimum Gasteiger partial charge on any atom is -0.476 e. The van der Waals surface area contributed by atoms with Crippen LogP contribution in [0, 0.1) is 24.0 Å². The van der Waals surface area contributed by atoms with E-state index in [9.17, 15) is 14.9 Å². The van der Waals surface area contributed by atoms with E-state index in [0.29, 0.717) is 11.1 Å². The number of oxazole rings is 1. The summed E-state index contributed by atoms with van der Waals surface area (Å²) >= 11 is 0. The number of aryl methyl sites for hydroxylation is 2. The SMILES string of the molecule is Cc1cc(C)c(Oc2nc(C(=O)O)co2)c([N+](=O)[O-])c1. The summed E-state index contributed by atoms with van der Waals surface area (Å²) < 4.78 is 10.0. The van der Waals surface area contributed by atoms with Crippen molar-refractivity contribution in [3.63, 3.8) is 0 Å². The van der Waals surface area contributed by atoms with Crippen LogP contribution in [0.4, 0.5) is 5.69 Å². The largest absolute Gasteiger partial charge is 0.476 e. The summed E-state index contributed by atoms with van der Waals surface area (Å²) in [4.78, 5) is 24.6. The summed E-state index contributed by atoms with van der Waals surface area (Å²) in [5.74, 6) is -1.31. The first kappa shape index (κ1) is 13.5. The minimum absolute atomic E-state index is 0.0283. The van der Waals surface area contributed by atoms with Crippen LogP contribution in [-0.2, 0) is 0 Å². The van der Waals surface area contributed by atoms with Gasteiger partial charge in [0.05, 0.1) is 4.92 Å². The molecule has 2 rings (SSSR count). The molecule has 0 saturated heterocycles. The van der Waals surface area contributed by atoms with Crippen molar-refractivity contribution in [2.45, 2.75) is 13.8 Å². The van der Waals surface area contributed by atoms with Gasteiger partial charge in [-0.05, 0) is 25.0 Å². The molecule has 0 radical (unpaired) electrons. The van der Waals surface area contributed by atoms with Crippen molar-refractivity contribution in [3.8, 4) is 11.8 Å². The van der Waals surface area contributed by atoms with Crippen LogP contribution in [0.3, 0.4) is 0 Å². The van der Waals surface area contributed by atoms with Crippen molar-refractivity contribution < 1.29 is 24.0 Å². The van der Waals surface area contributed by atoms with E-state index in [4.69, 9.17) is 14.3 Å². The number of ether oxygens (including phenoxy) is 1. The van der Waals surface area contributed by atoms with Crippen molar-refractivity contribution in [1.29, 1.82) is 0 Å². The number of carbonyl (C=O) groups is 1. The van der Waals surface area contributed by atoms with Gasteiger partial charge in [0.2, 0.25) is 5.75 Å². The summed E-state index contributed by atoms with van der Waals surface area (Å²) in [5.41, 5.74) is 0.650. The number of nitrogens with zero attached hydrogens (tertiary/aromatic N) is 2. The Hall–Kier alpha value is -2.90. The molecule has 1 aromatic carbocycles. The van der Waals surface area contributed by atoms with Gasteiger partial charge in [0.1, 0.15) is 6.26 Å². The molecule has 20 heavy (non-hydrogen) atoms. The second-order valence-corrected chi connectivity index (χ2v) is 4.09. The fraction of sp³-hybridized carbons (Fsp3) is 0.167. The van der Waals surface area contributed by atoms with Crippen molar-refractivity contribution >= 4 is 11.7 Å². The summed E-state index contributed by atoms with van der Waals surface area (Å²) in [6.45, 7) is 3.35. The third-order valence-electron chi connectivity index (χ3n) is 2.49. The zero-order valence-electron chi connectivity index (χ0n) is 10.6. The first-order valence-corrected chi connectivity index (χ1v) is 5.51. The molecule has 0 amide bonds. The molecule has 0 aliphatic heterocycles. The number of nitro groups is 1. The smallest absolute Gasteiger partial charge is 0.400 e. The first-order chi connectivity index (χ1) is 9.38. The Kier molecular flexibility index (Phi) is 3.38. The Labute approximate surface area is 112 Å². The van der Waals surface area contributed by atoms with Crippen molar-refractivity contribution in [2.75, 3.05) is 0 Å². The number of carboxylic acids is 1. The highest BCUT2D eigenvalue weighted by Crippen LogP contribution is 2.35. The Morgan fingerprint density at radius 2 is 2.15 bits per heavy atom. The van der Waals surface area contributed by atoms with Gasteiger partial charge in [-0.2, -0.15) is 4.98 Å². The first-order valence-electron chi connectivity index (χ1n) is 5.51. The number of aromatic carboxylic acids is 1. The lowest BCUT2D eigenvalue weighted by atomic mass is 10.1. The minimum atomic E-state index is -1.28. The highest BCUT2D eigenvalue weighted by molar-refractivity contribution is 5.84. The van der Waals surface area contributed by atoms with Gasteiger partial charge in [0.15, 0.2) is 5.69 Å². The van der Waals surface area contributed by atoms with E-state index < -0.39 is 10.9 Å². The molecule has 0 fully saturated rings. The standard InChI is InChI=1S/C12H10N2O6/c1-6-3-7(2)10(9(4-6)14(17)18)20-12-13-8(5-19-12)11(15)16/h3-5H,1-2H3,(H,15,16). The number of hydrogen-bond donors (Lipinski definition) is 1. The zero-order chi connectivity index (χ0) is 14.9. The van der Waals surface area contributed by atoms with E-state index in [2.05, 4.69) is 4.98 Å². The number of nitro benzene ring substituents is 1. The van der Waals surface area contributed by atoms with E-state index in [1.807, 2.05) is 0 Å². The van der Waals surface area contributed by atoms with Crippen LogP contribution in [0.2, 0.25) is 0 Å². The van der Waals surface area contributed by atoms with Gasteiger partial charge >= 0.3 is 17.7 Å². The Bertz CT molecular complexity index is 691. The van der Waals surface area contributed by atoms with Gasteiger partial charge in [0.25, 0.3) is 0 Å². The van der Waals surface area contributed by atoms with Crippen LogP contribution >= 0.6 is 0 Å². The van der Waals surface area contributed by atoms with Crippen LogP contribution in [-0.4, -0.2) is 21.0 Å². The molecule has 2 aromatic rings. The molecule has 1 heterocycles. The highest BCUT2D eigenvalue weighted by Gasteiger charge is 2.22. The molecule has 0 aliphatic carbocycles. The second-order valence-electron chi connectivity index (χ2n) is 4.09. The fourth-order valence-corrected chi connectivity index (χ4v) is 1.69. The number of rotatable bonds is 4. The van der Waals surface area contributed by atoms with Gasteiger partial charge < -0.3 is 14.3 Å². The molecular formula is C12H10N2O6. The lowest BCUT2D eigenvalue weighted by molar-refractivity contribution is -0.385. The van der Waals surface area contributed by atoms with Gasteiger partial charge in [-0.25, -0.2) is 4.79 Å². The van der Waals surface area contributed by atoms with E-state index in [-0.39, 0.29) is 23.2 Å². The number of benzene rings is 1. The lowest BCUT2D eigenvalue weighted by Gasteiger charge is -2.06. The van der Waals surface area contributed by atoms with Crippen LogP contribution in [0.15, 0.2) is 22.8 Å². The van der Waals surface area contributed by atoms with Gasteiger partial charge in [-0.3, -0.25) is 10.1 Å². The third-order valence-corrected chi connectivity index (χ3v) is 2.49. The summed E-state index contributed by atoms with van der Waals surface area (Å²) in [6.07, 6.45) is 0.532. The average Bonchev–Trinajstić information content (AvgIpc) is 2.80. The molecular weight excluding hydrogens is 268 g/mol. The van der Waals surface area contributed by atoms with E-state index in [1.165, 1.54) is 6.07 Å². The lowest BCUT2D eigenvalue weighted by Crippen LogP contribution is -1.98. The molecule has 0 saturated carbocycles. The van der Waals surface area contributed by atoms with E-state index >= 15 is 0 Å². The quantitative estimate of drug-likeness (QED) is 0.675. The maximum Gasteiger partial charge on any atom is 0.400 e. The van der Waals surface area contributed by atoms with Gasteiger partial charge in [-0.15, -0.1) is 0 Å². The Morgan fingerprint density at radius 3 is 2.70 bits per heavy atom. The predicted octanol–water partition coefficient (Wildman–Crippen LogP) is 2.69. The van der Waals surface area contributed by atoms with Crippen molar-refractivity contribution in [2.24, 2.45) is 0 Å². The third kappa shape index (κ3) is 2.58. The van der Waals surface area contributed by atoms with Crippen molar-refractivity contribution in [3.05, 3.63) is 45.3 Å². The molecule has 0 aliphatic rings. The van der Waals surface area contributed by atoms with Crippen LogP contribution in [0.25, 0.3) is 0 Å². The van der Waals surface area contributed by atoms with Gasteiger partial charge in [0, 0.05) is 6.07 Å². The topological polar surface area (TPSA) is 116 Å². The molecule has 104 valence electrons. The molecule has 0 spiro atoms. The van der Waals surface area contributed by atoms with E-state index in [0.717, 1.165) is 6.26 Å². The molecule has 8 nitrogen and oxygen atoms in total. The number of aromatic nitrogens is 1. The highest BCUT2D eigenvalue weighted by atomic mass is 16.6. The zero-order valence-corrected chi connectivity index (χ0v) is 10.6. The average molecular weight is 278 g/mol. The van der Waals surface area contributed by atoms with Crippen molar-refractivity contribution in [1.82, 2.24) is 4.98 Å². The summed E-state index contributed by atoms with van der Waals surface area (Å²) in [7, 11) is 0. The summed E-state index contributed by atoms with van der Waals surface area (Å²) in [6, 6.07) is 3.05. The second kappa shape index (κ2) is 5.00. The number of carboxylic acid groups (broad SMARTS) is 1. The maximum atomic E-state index is 11.0. The maximum absolute atomic E-state index is 11.0. The molecule has 1 aromatic heterocycles. The van der Waals surface area contributed by atoms with E-state index in [1.54, 1.807) is 19.9 Å². The molecule has 8 heteroatoms. The Morgan fingerprint density at radius 1 is 1.45 bits per heavy atom. The molecule has 0 atom stereocenters. The van der Waals surface area contributed by atoms with Crippen LogP contribution in [0.5, 0.6) is 11.8 Å².